The number of hydrogen-bond donors (Lipinski definition) is 0. The minimum absolute atomic E-state index is 0.584. The molecule has 1 nitrogen and oxygen atoms in total. The van der Waals surface area contributed by atoms with Crippen LogP contribution in [0.3, 0.4) is 0 Å². The van der Waals surface area contributed by atoms with Gasteiger partial charge in [0.1, 0.15) is 0 Å². The maximum absolute atomic E-state index is 6.77. The molecule has 0 aromatic carbocycles. The molecule has 0 radical (unpaired) electrons. The van der Waals surface area contributed by atoms with Crippen molar-refractivity contribution in [2.24, 2.45) is 0 Å². The van der Waals surface area contributed by atoms with E-state index in [0.717, 1.165) is 0 Å². The molecule has 1 aliphatic carbocycles. The van der Waals surface area contributed by atoms with E-state index >= 15 is 0 Å². The normalized spacial score (nSPS) is 21.1. The lowest BCUT2D eigenvalue weighted by molar-refractivity contribution is 0.158. The van der Waals surface area contributed by atoms with E-state index in [4.69, 9.17) is 4.43 Å². The van der Waals surface area contributed by atoms with Crippen molar-refractivity contribution in [1.82, 2.24) is 0 Å². The summed E-state index contributed by atoms with van der Waals surface area (Å²) >= 11 is 0. The lowest BCUT2D eigenvalue weighted by Crippen LogP contribution is -2.40. The van der Waals surface area contributed by atoms with Crippen molar-refractivity contribution < 1.29 is 4.43 Å². The van der Waals surface area contributed by atoms with Gasteiger partial charge < -0.3 is 4.43 Å². The second-order valence-electron chi connectivity index (χ2n) is 6.74. The van der Waals surface area contributed by atoms with Crippen LogP contribution < -0.4 is 0 Å². The van der Waals surface area contributed by atoms with E-state index in [1.165, 1.54) is 88.8 Å². The maximum atomic E-state index is 6.77. The summed E-state index contributed by atoms with van der Waals surface area (Å²) in [5.41, 5.74) is 0. The highest BCUT2D eigenvalue weighted by molar-refractivity contribution is 6.73. The first-order chi connectivity index (χ1) is 9.76. The Bertz CT molecular complexity index is 205. The van der Waals surface area contributed by atoms with Gasteiger partial charge in [-0.05, 0) is 31.0 Å². The third-order valence-corrected chi connectivity index (χ3v) is 10.1. The van der Waals surface area contributed by atoms with Crippen LogP contribution in [0.1, 0.15) is 91.4 Å². The molecule has 1 rings (SSSR count). The summed E-state index contributed by atoms with van der Waals surface area (Å²) < 4.78 is 6.77. The number of rotatable bonds is 5. The average Bonchev–Trinajstić information content (AvgIpc) is 2.47. The van der Waals surface area contributed by atoms with Gasteiger partial charge in [-0.15, -0.1) is 0 Å². The highest BCUT2D eigenvalue weighted by Gasteiger charge is 2.31. The summed E-state index contributed by atoms with van der Waals surface area (Å²) in [4.78, 5) is 0. The van der Waals surface area contributed by atoms with Gasteiger partial charge in [-0.3, -0.25) is 0 Å². The summed E-state index contributed by atoms with van der Waals surface area (Å²) in [5, 5.41) is 0. The van der Waals surface area contributed by atoms with Crippen LogP contribution in [0.4, 0.5) is 0 Å². The first-order valence-corrected chi connectivity index (χ1v) is 12.0. The van der Waals surface area contributed by atoms with Gasteiger partial charge in [0.2, 0.25) is 0 Å². The van der Waals surface area contributed by atoms with Gasteiger partial charge in [-0.25, -0.2) is 0 Å². The van der Waals surface area contributed by atoms with Crippen molar-refractivity contribution in [3.05, 3.63) is 0 Å². The summed E-state index contributed by atoms with van der Waals surface area (Å²) in [6.07, 6.45) is 16.2. The summed E-state index contributed by atoms with van der Waals surface area (Å²) in [5.74, 6) is 0. The molecule has 0 aromatic heterocycles. The van der Waals surface area contributed by atoms with Crippen molar-refractivity contribution in [3.8, 4) is 0 Å². The van der Waals surface area contributed by atoms with Crippen molar-refractivity contribution >= 4 is 8.32 Å². The molecule has 0 bridgehead atoms. The monoisotopic (exact) mass is 298 g/mol. The van der Waals surface area contributed by atoms with Gasteiger partial charge in [0, 0.05) is 6.10 Å². The second-order valence-corrected chi connectivity index (χ2v) is 11.5. The maximum Gasteiger partial charge on any atom is 0.192 e. The van der Waals surface area contributed by atoms with E-state index < -0.39 is 8.32 Å². The van der Waals surface area contributed by atoms with Crippen LogP contribution in [0.15, 0.2) is 0 Å². The zero-order chi connectivity index (χ0) is 14.7. The zero-order valence-electron chi connectivity index (χ0n) is 14.4. The highest BCUT2D eigenvalue weighted by atomic mass is 28.4. The van der Waals surface area contributed by atoms with Crippen LogP contribution in [0, 0.1) is 0 Å². The molecule has 0 heterocycles. The van der Waals surface area contributed by atoms with Crippen molar-refractivity contribution in [3.63, 3.8) is 0 Å². The quantitative estimate of drug-likeness (QED) is 0.514. The van der Waals surface area contributed by atoms with E-state index in [0.29, 0.717) is 6.10 Å². The summed E-state index contributed by atoms with van der Waals surface area (Å²) in [6.45, 7) is 7.07. The Labute approximate surface area is 129 Å². The van der Waals surface area contributed by atoms with Gasteiger partial charge in [0.15, 0.2) is 8.32 Å². The Kier molecular flexibility index (Phi) is 9.88. The molecule has 0 aliphatic heterocycles. The molecule has 2 heteroatoms. The summed E-state index contributed by atoms with van der Waals surface area (Å²) in [7, 11) is -1.40. The van der Waals surface area contributed by atoms with E-state index in [2.05, 4.69) is 20.8 Å². The molecule has 0 spiro atoms. The Balaban J connectivity index is 2.48. The third kappa shape index (κ3) is 6.75. The molecule has 0 atom stereocenters. The SMILES string of the molecule is CC[Si](CC)(CC)OC1CCCCCCCCCCC1. The van der Waals surface area contributed by atoms with Crippen molar-refractivity contribution in [2.45, 2.75) is 116 Å². The molecular weight excluding hydrogens is 260 g/mol. The largest absolute Gasteiger partial charge is 0.414 e. The van der Waals surface area contributed by atoms with E-state index in [-0.39, 0.29) is 0 Å². The molecule has 0 saturated heterocycles. The lowest BCUT2D eigenvalue weighted by atomic mass is 10.00. The fraction of sp³-hybridized carbons (Fsp3) is 1.00. The fourth-order valence-electron chi connectivity index (χ4n) is 3.60. The predicted molar refractivity (Wildman–Crippen MR) is 92.9 cm³/mol. The smallest absolute Gasteiger partial charge is 0.192 e. The molecule has 0 amide bonds. The fourth-order valence-corrected chi connectivity index (χ4v) is 6.54. The zero-order valence-corrected chi connectivity index (χ0v) is 15.4. The molecule has 1 saturated carbocycles. The first-order valence-electron chi connectivity index (χ1n) is 9.44. The first kappa shape index (κ1) is 18.2. The topological polar surface area (TPSA) is 9.23 Å². The van der Waals surface area contributed by atoms with E-state index in [1.807, 2.05) is 0 Å². The van der Waals surface area contributed by atoms with Crippen molar-refractivity contribution in [1.29, 1.82) is 0 Å². The van der Waals surface area contributed by atoms with Crippen LogP contribution in [0.25, 0.3) is 0 Å². The molecule has 0 N–H and O–H groups in total. The standard InChI is InChI=1S/C18H38OSi/c1-4-20(5-2,6-3)19-18-16-14-12-10-8-7-9-11-13-15-17-18/h18H,4-17H2,1-3H3. The van der Waals surface area contributed by atoms with Crippen LogP contribution in [-0.4, -0.2) is 14.4 Å². The van der Waals surface area contributed by atoms with Gasteiger partial charge in [-0.1, -0.05) is 78.6 Å². The Morgan fingerprint density at radius 2 is 1.00 bits per heavy atom. The second kappa shape index (κ2) is 10.8. The Hall–Kier alpha value is 0.177. The highest BCUT2D eigenvalue weighted by Crippen LogP contribution is 2.27. The van der Waals surface area contributed by atoms with Gasteiger partial charge in [0.25, 0.3) is 0 Å². The van der Waals surface area contributed by atoms with Gasteiger partial charge in [-0.2, -0.15) is 0 Å². The molecule has 1 aliphatic rings. The molecule has 20 heavy (non-hydrogen) atoms. The van der Waals surface area contributed by atoms with Crippen LogP contribution in [-0.2, 0) is 4.43 Å². The molecule has 0 aromatic rings. The Morgan fingerprint density at radius 1 is 0.650 bits per heavy atom. The molecule has 120 valence electrons. The summed E-state index contributed by atoms with van der Waals surface area (Å²) in [6, 6.07) is 3.91. The molecule has 0 unspecified atom stereocenters. The van der Waals surface area contributed by atoms with Gasteiger partial charge in [0.05, 0.1) is 0 Å². The molecular formula is C18H38OSi. The van der Waals surface area contributed by atoms with Crippen molar-refractivity contribution in [2.75, 3.05) is 0 Å². The third-order valence-electron chi connectivity index (χ3n) is 5.40. The van der Waals surface area contributed by atoms with Gasteiger partial charge >= 0.3 is 0 Å². The predicted octanol–water partition coefficient (Wildman–Crippen LogP) is 6.68. The number of hydrogen-bond acceptors (Lipinski definition) is 1. The lowest BCUT2D eigenvalue weighted by Gasteiger charge is -2.33. The van der Waals surface area contributed by atoms with Crippen LogP contribution >= 0.6 is 0 Å². The minimum atomic E-state index is -1.40. The minimum Gasteiger partial charge on any atom is -0.414 e. The molecule has 1 fully saturated rings. The Morgan fingerprint density at radius 3 is 1.35 bits per heavy atom. The van der Waals surface area contributed by atoms with E-state index in [1.54, 1.807) is 0 Å². The average molecular weight is 299 g/mol. The van der Waals surface area contributed by atoms with Crippen LogP contribution in [0.2, 0.25) is 18.1 Å². The van der Waals surface area contributed by atoms with E-state index in [9.17, 15) is 0 Å². The van der Waals surface area contributed by atoms with Crippen LogP contribution in [0.5, 0.6) is 0 Å².